The van der Waals surface area contributed by atoms with Gasteiger partial charge in [0.25, 0.3) is 0 Å². The molecule has 1 aliphatic carbocycles. The van der Waals surface area contributed by atoms with E-state index in [4.69, 9.17) is 15.9 Å². The van der Waals surface area contributed by atoms with Crippen LogP contribution in [0.5, 0.6) is 11.5 Å². The summed E-state index contributed by atoms with van der Waals surface area (Å²) >= 11 is 0. The molecule has 2 atom stereocenters. The second-order valence-corrected chi connectivity index (χ2v) is 9.35. The van der Waals surface area contributed by atoms with Crippen molar-refractivity contribution < 1.29 is 19.7 Å². The summed E-state index contributed by atoms with van der Waals surface area (Å²) in [7, 11) is 0. The Morgan fingerprint density at radius 3 is 1.97 bits per heavy atom. The number of unbranched alkanes of at least 4 members (excludes halogenated alkanes) is 1. The van der Waals surface area contributed by atoms with Gasteiger partial charge in [-0.3, -0.25) is 0 Å². The summed E-state index contributed by atoms with van der Waals surface area (Å²) in [5, 5.41) is 19.3. The molecule has 1 aliphatic rings. The molecule has 1 fully saturated rings. The van der Waals surface area contributed by atoms with Crippen LogP contribution in [0.4, 0.5) is 0 Å². The fourth-order valence-corrected chi connectivity index (χ4v) is 4.65. The minimum atomic E-state index is -0.496. The van der Waals surface area contributed by atoms with Crippen LogP contribution < -0.4 is 9.47 Å². The highest BCUT2D eigenvalue weighted by Crippen LogP contribution is 2.45. The molecular formula is C29H38O4. The van der Waals surface area contributed by atoms with Crippen molar-refractivity contribution in [3.8, 4) is 23.8 Å². The van der Waals surface area contributed by atoms with Gasteiger partial charge in [-0.1, -0.05) is 50.5 Å². The van der Waals surface area contributed by atoms with Crippen molar-refractivity contribution in [1.29, 1.82) is 0 Å². The van der Waals surface area contributed by atoms with E-state index in [1.165, 1.54) is 30.4 Å². The van der Waals surface area contributed by atoms with E-state index < -0.39 is 6.10 Å². The van der Waals surface area contributed by atoms with E-state index in [-0.39, 0.29) is 24.5 Å². The number of aliphatic hydroxyl groups excluding tert-OH is 2. The topological polar surface area (TPSA) is 58.9 Å². The maximum atomic E-state index is 10.1. The number of hydrogen-bond acceptors (Lipinski definition) is 4. The first-order chi connectivity index (χ1) is 16.1. The van der Waals surface area contributed by atoms with Crippen molar-refractivity contribution in [2.45, 2.75) is 69.8 Å². The van der Waals surface area contributed by atoms with Crippen LogP contribution in [0.3, 0.4) is 0 Å². The first-order valence-corrected chi connectivity index (χ1v) is 12.3. The second kappa shape index (κ2) is 12.7. The summed E-state index contributed by atoms with van der Waals surface area (Å²) in [6, 6.07) is 16.9. The minimum absolute atomic E-state index is 0.00242. The number of aliphatic hydroxyl groups is 2. The molecule has 2 aromatic rings. The van der Waals surface area contributed by atoms with Gasteiger partial charge in [-0.05, 0) is 61.1 Å². The van der Waals surface area contributed by atoms with E-state index in [2.05, 4.69) is 42.3 Å². The van der Waals surface area contributed by atoms with Gasteiger partial charge in [-0.2, -0.15) is 0 Å². The molecule has 2 aromatic carbocycles. The zero-order valence-electron chi connectivity index (χ0n) is 19.8. The van der Waals surface area contributed by atoms with E-state index in [9.17, 15) is 10.2 Å². The summed E-state index contributed by atoms with van der Waals surface area (Å²) in [6.45, 7) is 2.90. The lowest BCUT2D eigenvalue weighted by Gasteiger charge is -2.38. The van der Waals surface area contributed by atoms with Gasteiger partial charge in [0.1, 0.15) is 18.1 Å². The lowest BCUT2D eigenvalue weighted by atomic mass is 9.65. The SMILES string of the molecule is C#CCCCC(O)COc1ccc(C2(c3ccc(OCC(C)CO)cc3)CCCCC2)cc1. The normalized spacial score (nSPS) is 17.0. The zero-order valence-corrected chi connectivity index (χ0v) is 19.8. The predicted octanol–water partition coefficient (Wildman–Crippen LogP) is 5.49. The van der Waals surface area contributed by atoms with Gasteiger partial charge in [0, 0.05) is 24.4 Å². The number of terminal acetylenes is 1. The third-order valence-electron chi connectivity index (χ3n) is 6.67. The Labute approximate surface area is 199 Å². The van der Waals surface area contributed by atoms with Crippen molar-refractivity contribution in [1.82, 2.24) is 0 Å². The maximum absolute atomic E-state index is 10.1. The van der Waals surface area contributed by atoms with Crippen LogP contribution in [0.1, 0.15) is 69.4 Å². The Kier molecular flexibility index (Phi) is 9.66. The van der Waals surface area contributed by atoms with Gasteiger partial charge >= 0.3 is 0 Å². The average Bonchev–Trinajstić information content (AvgIpc) is 2.87. The third kappa shape index (κ3) is 7.00. The first kappa shape index (κ1) is 25.1. The molecule has 2 N–H and O–H groups in total. The highest BCUT2D eigenvalue weighted by molar-refractivity contribution is 5.43. The average molecular weight is 451 g/mol. The summed E-state index contributed by atoms with van der Waals surface area (Å²) in [6.07, 6.45) is 12.9. The summed E-state index contributed by atoms with van der Waals surface area (Å²) in [5.74, 6) is 4.35. The van der Waals surface area contributed by atoms with Crippen LogP contribution in [0.15, 0.2) is 48.5 Å². The quantitative estimate of drug-likeness (QED) is 0.332. The van der Waals surface area contributed by atoms with Gasteiger partial charge in [0.15, 0.2) is 0 Å². The van der Waals surface area contributed by atoms with Gasteiger partial charge < -0.3 is 19.7 Å². The van der Waals surface area contributed by atoms with E-state index in [0.717, 1.165) is 30.8 Å². The third-order valence-corrected chi connectivity index (χ3v) is 6.67. The first-order valence-electron chi connectivity index (χ1n) is 12.3. The van der Waals surface area contributed by atoms with Gasteiger partial charge in [-0.25, -0.2) is 0 Å². The largest absolute Gasteiger partial charge is 0.493 e. The molecule has 0 saturated heterocycles. The van der Waals surface area contributed by atoms with Crippen LogP contribution in [0, 0.1) is 18.3 Å². The molecule has 0 heterocycles. The highest BCUT2D eigenvalue weighted by Gasteiger charge is 2.35. The molecule has 0 radical (unpaired) electrons. The zero-order chi connectivity index (χ0) is 23.5. The molecular weight excluding hydrogens is 412 g/mol. The van der Waals surface area contributed by atoms with Gasteiger partial charge in [-0.15, -0.1) is 12.3 Å². The van der Waals surface area contributed by atoms with E-state index in [1.54, 1.807) is 0 Å². The van der Waals surface area contributed by atoms with Crippen molar-refractivity contribution >= 4 is 0 Å². The number of hydrogen-bond donors (Lipinski definition) is 2. The number of benzene rings is 2. The van der Waals surface area contributed by atoms with Crippen LogP contribution >= 0.6 is 0 Å². The predicted molar refractivity (Wildman–Crippen MR) is 133 cm³/mol. The van der Waals surface area contributed by atoms with Crippen molar-refractivity contribution in [2.75, 3.05) is 19.8 Å². The smallest absolute Gasteiger partial charge is 0.119 e. The molecule has 0 amide bonds. The molecule has 0 aromatic heterocycles. The summed E-state index contributed by atoms with van der Waals surface area (Å²) in [5.41, 5.74) is 2.64. The number of rotatable bonds is 12. The molecule has 4 nitrogen and oxygen atoms in total. The van der Waals surface area contributed by atoms with Gasteiger partial charge in [0.05, 0.1) is 12.7 Å². The fraction of sp³-hybridized carbons (Fsp3) is 0.517. The summed E-state index contributed by atoms with van der Waals surface area (Å²) < 4.78 is 11.6. The Balaban J connectivity index is 1.69. The van der Waals surface area contributed by atoms with Crippen LogP contribution in [-0.2, 0) is 5.41 Å². The van der Waals surface area contributed by atoms with Gasteiger partial charge in [0.2, 0.25) is 0 Å². The van der Waals surface area contributed by atoms with E-state index >= 15 is 0 Å². The minimum Gasteiger partial charge on any atom is -0.493 e. The fourth-order valence-electron chi connectivity index (χ4n) is 4.65. The maximum Gasteiger partial charge on any atom is 0.119 e. The molecule has 178 valence electrons. The monoisotopic (exact) mass is 450 g/mol. The summed E-state index contributed by atoms with van der Waals surface area (Å²) in [4.78, 5) is 0. The molecule has 0 bridgehead atoms. The highest BCUT2D eigenvalue weighted by atomic mass is 16.5. The van der Waals surface area contributed by atoms with Crippen molar-refractivity contribution in [3.05, 3.63) is 59.7 Å². The Morgan fingerprint density at radius 2 is 1.45 bits per heavy atom. The van der Waals surface area contributed by atoms with Crippen LogP contribution in [0.25, 0.3) is 0 Å². The Hall–Kier alpha value is -2.48. The van der Waals surface area contributed by atoms with E-state index in [1.807, 2.05) is 19.1 Å². The lowest BCUT2D eigenvalue weighted by Crippen LogP contribution is -2.30. The lowest BCUT2D eigenvalue weighted by molar-refractivity contribution is 0.0985. The Bertz CT molecular complexity index is 860. The molecule has 33 heavy (non-hydrogen) atoms. The second-order valence-electron chi connectivity index (χ2n) is 9.35. The molecule has 0 aliphatic heterocycles. The molecule has 4 heteroatoms. The van der Waals surface area contributed by atoms with E-state index in [0.29, 0.717) is 19.4 Å². The molecule has 1 saturated carbocycles. The standard InChI is InChI=1S/C29H38O4/c1-3-4-6-9-26(31)22-33-28-16-12-25(13-17-28)29(18-7-5-8-19-29)24-10-14-27(15-11-24)32-21-23(2)20-30/h1,10-17,23,26,30-31H,4-9,18-22H2,2H3. The Morgan fingerprint density at radius 1 is 0.909 bits per heavy atom. The number of ether oxygens (including phenoxy) is 2. The molecule has 0 spiro atoms. The van der Waals surface area contributed by atoms with Crippen molar-refractivity contribution in [3.63, 3.8) is 0 Å². The van der Waals surface area contributed by atoms with Crippen LogP contribution in [-0.4, -0.2) is 36.1 Å². The molecule has 3 rings (SSSR count). The van der Waals surface area contributed by atoms with Crippen LogP contribution in [0.2, 0.25) is 0 Å². The molecule has 2 unspecified atom stereocenters. The van der Waals surface area contributed by atoms with Crippen molar-refractivity contribution in [2.24, 2.45) is 5.92 Å².